The highest BCUT2D eigenvalue weighted by molar-refractivity contribution is 6.31. The number of halogens is 1. The maximum Gasteiger partial charge on any atom is 0.282 e. The summed E-state index contributed by atoms with van der Waals surface area (Å²) in [5, 5.41) is 6.01. The molecule has 0 spiro atoms. The van der Waals surface area contributed by atoms with Gasteiger partial charge in [-0.25, -0.2) is 9.08 Å². The van der Waals surface area contributed by atoms with E-state index in [0.29, 0.717) is 22.7 Å². The van der Waals surface area contributed by atoms with Gasteiger partial charge in [0.1, 0.15) is 5.75 Å². The second kappa shape index (κ2) is 8.82. The molecule has 0 atom stereocenters. The normalized spacial score (nSPS) is 14.8. The number of aromatic nitrogens is 4. The first-order chi connectivity index (χ1) is 15.6. The molecule has 2 aromatic carbocycles. The maximum atomic E-state index is 12.8. The molecule has 32 heavy (non-hydrogen) atoms. The summed E-state index contributed by atoms with van der Waals surface area (Å²) in [6, 6.07) is 13.4. The molecule has 0 bridgehead atoms. The van der Waals surface area contributed by atoms with E-state index in [9.17, 15) is 4.79 Å². The molecule has 0 N–H and O–H groups in total. The van der Waals surface area contributed by atoms with E-state index in [0.717, 1.165) is 49.6 Å². The monoisotopic (exact) mass is 451 g/mol. The van der Waals surface area contributed by atoms with Gasteiger partial charge in [-0.2, -0.15) is 4.98 Å². The molecule has 0 saturated carbocycles. The number of rotatable bonds is 5. The van der Waals surface area contributed by atoms with Crippen molar-refractivity contribution in [3.8, 4) is 5.75 Å². The number of benzene rings is 2. The molecule has 7 nitrogen and oxygen atoms in total. The van der Waals surface area contributed by atoms with Crippen molar-refractivity contribution in [2.75, 3.05) is 25.1 Å². The Morgan fingerprint density at radius 3 is 2.50 bits per heavy atom. The molecule has 0 radical (unpaired) electrons. The molecule has 0 aliphatic carbocycles. The van der Waals surface area contributed by atoms with Crippen LogP contribution in [0.25, 0.3) is 16.7 Å². The number of aryl methyl sites for hydroxylation is 2. The van der Waals surface area contributed by atoms with Crippen LogP contribution < -0.4 is 15.2 Å². The third-order valence-corrected chi connectivity index (χ3v) is 6.37. The van der Waals surface area contributed by atoms with Crippen LogP contribution in [-0.2, 0) is 13.0 Å². The summed E-state index contributed by atoms with van der Waals surface area (Å²) >= 11 is 6.18. The van der Waals surface area contributed by atoms with Crippen molar-refractivity contribution < 1.29 is 4.74 Å². The number of anilines is 1. The summed E-state index contributed by atoms with van der Waals surface area (Å²) in [4.78, 5) is 19.6. The Balaban J connectivity index is 1.61. The molecule has 8 heteroatoms. The summed E-state index contributed by atoms with van der Waals surface area (Å²) in [5.41, 5.74) is 1.68. The van der Waals surface area contributed by atoms with Crippen LogP contribution >= 0.6 is 11.6 Å². The second-order valence-corrected chi connectivity index (χ2v) is 8.67. The highest BCUT2D eigenvalue weighted by Crippen LogP contribution is 2.25. The van der Waals surface area contributed by atoms with Crippen molar-refractivity contribution in [1.29, 1.82) is 0 Å². The van der Waals surface area contributed by atoms with Gasteiger partial charge < -0.3 is 9.64 Å². The van der Waals surface area contributed by atoms with Gasteiger partial charge in [0.2, 0.25) is 11.7 Å². The zero-order valence-electron chi connectivity index (χ0n) is 18.1. The number of methoxy groups -OCH3 is 1. The van der Waals surface area contributed by atoms with E-state index in [1.165, 1.54) is 18.4 Å². The lowest BCUT2D eigenvalue weighted by molar-refractivity contribution is 0.414. The van der Waals surface area contributed by atoms with Crippen LogP contribution in [0.4, 0.5) is 5.95 Å². The SMILES string of the molecule is COc1ccc(CCn2nc(N3CCCCCC3)n3c4ccc(Cl)cc4c(=O)nc23)cc1. The van der Waals surface area contributed by atoms with Crippen molar-refractivity contribution in [2.45, 2.75) is 38.6 Å². The maximum absolute atomic E-state index is 12.8. The number of hydrogen-bond donors (Lipinski definition) is 0. The molecule has 1 saturated heterocycles. The van der Waals surface area contributed by atoms with Gasteiger partial charge in [0.15, 0.2) is 0 Å². The quantitative estimate of drug-likeness (QED) is 0.452. The van der Waals surface area contributed by atoms with Gasteiger partial charge in [0.05, 0.1) is 18.0 Å². The summed E-state index contributed by atoms with van der Waals surface area (Å²) in [7, 11) is 1.66. The van der Waals surface area contributed by atoms with Gasteiger partial charge in [-0.3, -0.25) is 4.79 Å². The first-order valence-corrected chi connectivity index (χ1v) is 11.5. The molecular weight excluding hydrogens is 426 g/mol. The minimum Gasteiger partial charge on any atom is -0.497 e. The lowest BCUT2D eigenvalue weighted by Crippen LogP contribution is -2.26. The number of nitrogens with zero attached hydrogens (tertiary/aromatic N) is 5. The molecule has 0 unspecified atom stereocenters. The fourth-order valence-electron chi connectivity index (χ4n) is 4.40. The Kier molecular flexibility index (Phi) is 5.74. The fraction of sp³-hybridized carbons (Fsp3) is 0.375. The molecule has 166 valence electrons. The topological polar surface area (TPSA) is 64.7 Å². The van der Waals surface area contributed by atoms with E-state index in [-0.39, 0.29) is 5.56 Å². The Morgan fingerprint density at radius 1 is 1.03 bits per heavy atom. The number of hydrogen-bond acceptors (Lipinski definition) is 5. The third-order valence-electron chi connectivity index (χ3n) is 6.13. The minimum atomic E-state index is -0.282. The molecular formula is C24H26ClN5O2. The van der Waals surface area contributed by atoms with Gasteiger partial charge in [-0.05, 0) is 55.2 Å². The molecule has 2 aromatic heterocycles. The van der Waals surface area contributed by atoms with Crippen LogP contribution in [0.3, 0.4) is 0 Å². The van der Waals surface area contributed by atoms with Crippen LogP contribution in [0.2, 0.25) is 5.02 Å². The van der Waals surface area contributed by atoms with Crippen LogP contribution in [0.5, 0.6) is 5.75 Å². The summed E-state index contributed by atoms with van der Waals surface area (Å²) in [5.74, 6) is 2.24. The summed E-state index contributed by atoms with van der Waals surface area (Å²) in [6.07, 6.45) is 5.51. The van der Waals surface area contributed by atoms with Crippen LogP contribution in [0.15, 0.2) is 47.3 Å². The van der Waals surface area contributed by atoms with Gasteiger partial charge >= 0.3 is 0 Å². The fourth-order valence-corrected chi connectivity index (χ4v) is 4.58. The van der Waals surface area contributed by atoms with Crippen LogP contribution in [0, 0.1) is 0 Å². The average molecular weight is 452 g/mol. The van der Waals surface area contributed by atoms with Gasteiger partial charge in [-0.15, -0.1) is 5.10 Å². The standard InChI is InChI=1S/C24H26ClN5O2/c1-32-19-9-6-17(7-10-19)12-15-29-23-26-22(31)20-16-18(25)8-11-21(20)30(23)24(27-29)28-13-4-2-3-5-14-28/h6-11,16H,2-5,12-15H2,1H3. The van der Waals surface area contributed by atoms with Crippen molar-refractivity contribution >= 4 is 34.2 Å². The lowest BCUT2D eigenvalue weighted by atomic mass is 10.1. The largest absolute Gasteiger partial charge is 0.497 e. The van der Waals surface area contributed by atoms with Gasteiger partial charge in [0, 0.05) is 24.7 Å². The third kappa shape index (κ3) is 3.93. The predicted molar refractivity (Wildman–Crippen MR) is 127 cm³/mol. The van der Waals surface area contributed by atoms with Crippen molar-refractivity contribution in [2.24, 2.45) is 0 Å². The molecule has 3 heterocycles. The van der Waals surface area contributed by atoms with E-state index >= 15 is 0 Å². The highest BCUT2D eigenvalue weighted by Gasteiger charge is 2.21. The number of fused-ring (bicyclic) bond motifs is 3. The smallest absolute Gasteiger partial charge is 0.282 e. The van der Waals surface area contributed by atoms with Crippen molar-refractivity contribution in [1.82, 2.24) is 19.2 Å². The van der Waals surface area contributed by atoms with E-state index in [1.807, 2.05) is 33.3 Å². The molecule has 5 rings (SSSR count). The average Bonchev–Trinajstić information content (AvgIpc) is 2.98. The molecule has 1 aliphatic heterocycles. The van der Waals surface area contributed by atoms with E-state index < -0.39 is 0 Å². The van der Waals surface area contributed by atoms with E-state index in [4.69, 9.17) is 21.4 Å². The molecule has 1 aliphatic rings. The van der Waals surface area contributed by atoms with Crippen LogP contribution in [0.1, 0.15) is 31.2 Å². The zero-order chi connectivity index (χ0) is 22.1. The Labute approximate surface area is 191 Å². The Bertz CT molecular complexity index is 1300. The predicted octanol–water partition coefficient (Wildman–Crippen LogP) is 4.33. The highest BCUT2D eigenvalue weighted by atomic mass is 35.5. The van der Waals surface area contributed by atoms with Crippen molar-refractivity contribution in [3.05, 3.63) is 63.4 Å². The Morgan fingerprint density at radius 2 is 1.78 bits per heavy atom. The summed E-state index contributed by atoms with van der Waals surface area (Å²) in [6.45, 7) is 2.52. The first-order valence-electron chi connectivity index (χ1n) is 11.1. The Hall–Kier alpha value is -3.06. The lowest BCUT2D eigenvalue weighted by Gasteiger charge is -2.20. The van der Waals surface area contributed by atoms with Gasteiger partial charge in [-0.1, -0.05) is 36.6 Å². The first kappa shape index (κ1) is 20.8. The molecule has 0 amide bonds. The van der Waals surface area contributed by atoms with E-state index in [1.54, 1.807) is 13.2 Å². The minimum absolute atomic E-state index is 0.282. The molecule has 1 fully saturated rings. The van der Waals surface area contributed by atoms with Gasteiger partial charge in [0.25, 0.3) is 5.56 Å². The number of ether oxygens (including phenoxy) is 1. The van der Waals surface area contributed by atoms with Crippen molar-refractivity contribution in [3.63, 3.8) is 0 Å². The summed E-state index contributed by atoms with van der Waals surface area (Å²) < 4.78 is 9.13. The zero-order valence-corrected chi connectivity index (χ0v) is 18.9. The van der Waals surface area contributed by atoms with E-state index in [2.05, 4.69) is 22.0 Å². The molecule has 4 aromatic rings. The second-order valence-electron chi connectivity index (χ2n) is 8.24. The van der Waals surface area contributed by atoms with Crippen LogP contribution in [-0.4, -0.2) is 39.4 Å².